The van der Waals surface area contributed by atoms with Gasteiger partial charge in [0.25, 0.3) is 0 Å². The van der Waals surface area contributed by atoms with Crippen LogP contribution in [-0.2, 0) is 9.53 Å². The zero-order valence-corrected chi connectivity index (χ0v) is 10.1. The highest BCUT2D eigenvalue weighted by Crippen LogP contribution is 2.20. The molecule has 0 aromatic heterocycles. The number of ketones is 1. The van der Waals surface area contributed by atoms with Gasteiger partial charge in [-0.05, 0) is 26.3 Å². The molecule has 1 aromatic carbocycles. The molecule has 0 radical (unpaired) electrons. The predicted octanol–water partition coefficient (Wildman–Crippen LogP) is 2.85. The number of carbonyl (C=O) groups is 2. The first-order valence-electron chi connectivity index (χ1n) is 5.37. The molecule has 1 rings (SSSR count). The molecule has 0 spiro atoms. The quantitative estimate of drug-likeness (QED) is 0.598. The number of hydrogen-bond acceptors (Lipinski definition) is 3. The van der Waals surface area contributed by atoms with E-state index in [4.69, 9.17) is 4.74 Å². The summed E-state index contributed by atoms with van der Waals surface area (Å²) in [6, 6.07) is 5.83. The Morgan fingerprint density at radius 1 is 1.18 bits per heavy atom. The van der Waals surface area contributed by atoms with Gasteiger partial charge in [0.2, 0.25) is 6.17 Å². The van der Waals surface area contributed by atoms with Crippen molar-refractivity contribution in [3.8, 4) is 0 Å². The van der Waals surface area contributed by atoms with Crippen LogP contribution in [0, 0.1) is 0 Å². The van der Waals surface area contributed by atoms with Crippen molar-refractivity contribution in [1.29, 1.82) is 0 Å². The Balaban J connectivity index is 2.79. The monoisotopic (exact) mass is 238 g/mol. The number of ether oxygens (including phenoxy) is 1. The molecule has 0 heterocycles. The van der Waals surface area contributed by atoms with Crippen LogP contribution in [0.2, 0.25) is 0 Å². The molecule has 1 aromatic rings. The van der Waals surface area contributed by atoms with Gasteiger partial charge in [-0.2, -0.15) is 0 Å². The van der Waals surface area contributed by atoms with Crippen LogP contribution in [0.15, 0.2) is 24.3 Å². The Labute approximate surface area is 99.6 Å². The second-order valence-electron chi connectivity index (χ2n) is 4.03. The highest BCUT2D eigenvalue weighted by molar-refractivity contribution is 5.94. The van der Waals surface area contributed by atoms with Crippen LogP contribution in [0.5, 0.6) is 0 Å². The molecular formula is C13H15FO3. The number of hydrogen-bond donors (Lipinski definition) is 0. The fourth-order valence-electron chi connectivity index (χ4n) is 1.31. The summed E-state index contributed by atoms with van der Waals surface area (Å²) in [5.74, 6) is -1.01. The van der Waals surface area contributed by atoms with E-state index in [-0.39, 0.29) is 17.5 Å². The summed E-state index contributed by atoms with van der Waals surface area (Å²) in [5, 5.41) is 0. The zero-order chi connectivity index (χ0) is 13.0. The van der Waals surface area contributed by atoms with E-state index in [1.807, 2.05) is 0 Å². The first kappa shape index (κ1) is 13.4. The van der Waals surface area contributed by atoms with Crippen LogP contribution in [0.4, 0.5) is 4.39 Å². The third-order valence-corrected chi connectivity index (χ3v) is 2.17. The van der Waals surface area contributed by atoms with Crippen molar-refractivity contribution in [2.24, 2.45) is 0 Å². The summed E-state index contributed by atoms with van der Waals surface area (Å²) < 4.78 is 18.4. The van der Waals surface area contributed by atoms with Gasteiger partial charge in [0, 0.05) is 5.56 Å². The molecule has 0 bridgehead atoms. The summed E-state index contributed by atoms with van der Waals surface area (Å²) >= 11 is 0. The predicted molar refractivity (Wildman–Crippen MR) is 61.5 cm³/mol. The Morgan fingerprint density at radius 3 is 2.12 bits per heavy atom. The van der Waals surface area contributed by atoms with Crippen molar-refractivity contribution in [1.82, 2.24) is 0 Å². The third-order valence-electron chi connectivity index (χ3n) is 2.17. The topological polar surface area (TPSA) is 43.4 Å². The Kier molecular flexibility index (Phi) is 4.37. The van der Waals surface area contributed by atoms with Crippen molar-refractivity contribution in [2.45, 2.75) is 33.0 Å². The molecule has 4 heteroatoms. The lowest BCUT2D eigenvalue weighted by Crippen LogP contribution is -2.16. The fourth-order valence-corrected chi connectivity index (χ4v) is 1.31. The molecule has 1 atom stereocenters. The zero-order valence-electron chi connectivity index (χ0n) is 10.1. The first-order valence-corrected chi connectivity index (χ1v) is 5.37. The fraction of sp³-hybridized carbons (Fsp3) is 0.385. The van der Waals surface area contributed by atoms with E-state index in [0.29, 0.717) is 5.56 Å². The maximum atomic E-state index is 13.7. The molecule has 1 unspecified atom stereocenters. The van der Waals surface area contributed by atoms with Gasteiger partial charge in [0.05, 0.1) is 6.10 Å². The molecule has 0 saturated carbocycles. The minimum absolute atomic E-state index is 0.100. The van der Waals surface area contributed by atoms with E-state index in [2.05, 4.69) is 0 Å². The van der Waals surface area contributed by atoms with Crippen LogP contribution in [0.1, 0.15) is 42.9 Å². The average Bonchev–Trinajstić information content (AvgIpc) is 2.27. The molecular weight excluding hydrogens is 223 g/mol. The van der Waals surface area contributed by atoms with Gasteiger partial charge >= 0.3 is 5.97 Å². The van der Waals surface area contributed by atoms with Gasteiger partial charge in [-0.1, -0.05) is 24.3 Å². The number of esters is 1. The molecule has 3 nitrogen and oxygen atoms in total. The van der Waals surface area contributed by atoms with Crippen LogP contribution in [0.3, 0.4) is 0 Å². The van der Waals surface area contributed by atoms with Crippen molar-refractivity contribution in [2.75, 3.05) is 0 Å². The second-order valence-corrected chi connectivity index (χ2v) is 4.03. The smallest absolute Gasteiger partial charge is 0.345 e. The summed E-state index contributed by atoms with van der Waals surface area (Å²) in [6.07, 6.45) is -2.16. The van der Waals surface area contributed by atoms with E-state index in [0.717, 1.165) is 0 Å². The lowest BCUT2D eigenvalue weighted by molar-refractivity contribution is -0.153. The largest absolute Gasteiger partial charge is 0.461 e. The number of benzene rings is 1. The van der Waals surface area contributed by atoms with Gasteiger partial charge in [-0.25, -0.2) is 9.18 Å². The minimum Gasteiger partial charge on any atom is -0.461 e. The van der Waals surface area contributed by atoms with Gasteiger partial charge in [0.1, 0.15) is 0 Å². The molecule has 17 heavy (non-hydrogen) atoms. The number of alkyl halides is 1. The van der Waals surface area contributed by atoms with E-state index >= 15 is 0 Å². The number of rotatable bonds is 4. The van der Waals surface area contributed by atoms with Crippen molar-refractivity contribution >= 4 is 11.8 Å². The van der Waals surface area contributed by atoms with Crippen molar-refractivity contribution in [3.63, 3.8) is 0 Å². The summed E-state index contributed by atoms with van der Waals surface area (Å²) in [4.78, 5) is 22.3. The van der Waals surface area contributed by atoms with E-state index < -0.39 is 12.1 Å². The highest BCUT2D eigenvalue weighted by atomic mass is 19.1. The van der Waals surface area contributed by atoms with Crippen LogP contribution < -0.4 is 0 Å². The normalized spacial score (nSPS) is 12.3. The maximum Gasteiger partial charge on any atom is 0.345 e. The lowest BCUT2D eigenvalue weighted by Gasteiger charge is -2.11. The summed E-state index contributed by atoms with van der Waals surface area (Å²) in [7, 11) is 0. The molecule has 0 N–H and O–H groups in total. The SMILES string of the molecule is CC(=O)c1ccc(C(F)C(=O)OC(C)C)cc1. The van der Waals surface area contributed by atoms with Crippen molar-refractivity contribution < 1.29 is 18.7 Å². The molecule has 0 saturated heterocycles. The molecule has 0 aliphatic rings. The molecule has 0 aliphatic heterocycles. The van der Waals surface area contributed by atoms with Gasteiger partial charge in [-0.3, -0.25) is 4.79 Å². The van der Waals surface area contributed by atoms with Crippen LogP contribution in [-0.4, -0.2) is 17.9 Å². The number of halogens is 1. The Hall–Kier alpha value is -1.71. The number of Topliss-reactive ketones (excluding diaryl/α,β-unsaturated/α-hetero) is 1. The van der Waals surface area contributed by atoms with Gasteiger partial charge < -0.3 is 4.74 Å². The molecule has 0 amide bonds. The van der Waals surface area contributed by atoms with Crippen molar-refractivity contribution in [3.05, 3.63) is 35.4 Å². The minimum atomic E-state index is -1.81. The molecule has 0 fully saturated rings. The molecule has 0 aliphatic carbocycles. The van der Waals surface area contributed by atoms with E-state index in [1.165, 1.54) is 31.2 Å². The molecule has 92 valence electrons. The van der Waals surface area contributed by atoms with E-state index in [1.54, 1.807) is 13.8 Å². The van der Waals surface area contributed by atoms with Crippen LogP contribution in [0.25, 0.3) is 0 Å². The number of carbonyl (C=O) groups excluding carboxylic acids is 2. The third kappa shape index (κ3) is 3.66. The lowest BCUT2D eigenvalue weighted by atomic mass is 10.1. The Morgan fingerprint density at radius 2 is 1.71 bits per heavy atom. The Bertz CT molecular complexity index is 409. The maximum absolute atomic E-state index is 13.7. The average molecular weight is 238 g/mol. The van der Waals surface area contributed by atoms with Gasteiger partial charge in [-0.15, -0.1) is 0 Å². The first-order chi connectivity index (χ1) is 7.91. The van der Waals surface area contributed by atoms with Crippen LogP contribution >= 0.6 is 0 Å². The summed E-state index contributed by atoms with van der Waals surface area (Å²) in [5.41, 5.74) is 0.679. The van der Waals surface area contributed by atoms with E-state index in [9.17, 15) is 14.0 Å². The summed E-state index contributed by atoms with van der Waals surface area (Å²) in [6.45, 7) is 4.74. The standard InChI is InChI=1S/C13H15FO3/c1-8(2)17-13(16)12(14)11-6-4-10(5-7-11)9(3)15/h4-8,12H,1-3H3. The second kappa shape index (κ2) is 5.57. The van der Waals surface area contributed by atoms with Gasteiger partial charge in [0.15, 0.2) is 5.78 Å². The highest BCUT2D eigenvalue weighted by Gasteiger charge is 2.22.